The highest BCUT2D eigenvalue weighted by atomic mass is 32.2. The van der Waals surface area contributed by atoms with Crippen molar-refractivity contribution in [3.8, 4) is 0 Å². The zero-order valence-electron chi connectivity index (χ0n) is 37.7. The molecule has 0 unspecified atom stereocenters. The van der Waals surface area contributed by atoms with Crippen molar-refractivity contribution in [3.63, 3.8) is 0 Å². The number of carbonyl (C=O) groups is 5. The summed E-state index contributed by atoms with van der Waals surface area (Å²) in [5.74, 6) is -1.53. The predicted octanol–water partition coefficient (Wildman–Crippen LogP) is 8.36. The van der Waals surface area contributed by atoms with Crippen LogP contribution in [0, 0.1) is 18.4 Å². The largest absolute Gasteiger partial charge is 0.404 e. The second-order valence-electron chi connectivity index (χ2n) is 18.0. The molecule has 2 N–H and O–H groups in total. The van der Waals surface area contributed by atoms with E-state index in [1.165, 1.54) is 30.5 Å². The van der Waals surface area contributed by atoms with E-state index in [9.17, 15) is 33.3 Å². The number of nitrogens with one attached hydrogen (secondary N) is 2. The average molecular weight is 970 g/mol. The van der Waals surface area contributed by atoms with Crippen molar-refractivity contribution >= 4 is 69.8 Å². The number of carbonyl (C=O) groups excluding carboxylic acids is 5. The van der Waals surface area contributed by atoms with Crippen LogP contribution in [-0.4, -0.2) is 105 Å². The lowest BCUT2D eigenvalue weighted by atomic mass is 9.96. The fourth-order valence-corrected chi connectivity index (χ4v) is 12.3. The van der Waals surface area contributed by atoms with Gasteiger partial charge in [-0.2, -0.15) is 8.78 Å². The third kappa shape index (κ3) is 12.4. The minimum absolute atomic E-state index is 0.0346. The molecule has 66 heavy (non-hydrogen) atoms. The van der Waals surface area contributed by atoms with Crippen molar-refractivity contribution < 1.29 is 46.4 Å². The summed E-state index contributed by atoms with van der Waals surface area (Å²) in [6, 6.07) is 8.75. The van der Waals surface area contributed by atoms with Crippen molar-refractivity contribution in [2.24, 2.45) is 11.8 Å². The highest BCUT2D eigenvalue weighted by Crippen LogP contribution is 2.67. The molecule has 3 aliphatic rings. The number of aromatic nitrogens is 1. The molecule has 3 fully saturated rings. The van der Waals surface area contributed by atoms with Crippen LogP contribution in [0.3, 0.4) is 0 Å². The summed E-state index contributed by atoms with van der Waals surface area (Å²) in [6.07, 6.45) is 5.54. The first-order chi connectivity index (χ1) is 31.4. The van der Waals surface area contributed by atoms with Gasteiger partial charge in [-0.05, 0) is 78.1 Å². The Morgan fingerprint density at radius 3 is 2.17 bits per heavy atom. The number of hydrogen-bond acceptors (Lipinski definition) is 11. The number of likely N-dealkylation sites (tertiary alicyclic amines) is 1. The molecule has 356 valence electrons. The highest BCUT2D eigenvalue weighted by molar-refractivity contribution is 8.13. The molecule has 0 bridgehead atoms. The van der Waals surface area contributed by atoms with Gasteiger partial charge in [-0.15, -0.1) is 0 Å². The number of thioether (sulfide) groups is 2. The van der Waals surface area contributed by atoms with Crippen molar-refractivity contribution in [3.05, 3.63) is 93.2 Å². The first-order valence-corrected chi connectivity index (χ1v) is 26.0. The van der Waals surface area contributed by atoms with E-state index in [-0.39, 0.29) is 99.8 Å². The number of benzene rings is 2. The standard InChI is InChI=1S/C47H58F2N5O9PS2/c1-29(2)22-42(56)65-20-18-62-64(61,63-19-21-66-43(57)23-30(3)4)47(48,49)35-13-12-31-10-11-33(24-34(31)25-35)44(58)52-38-9-7-6-8-36-14-15-40(54(36)45(38)59)46(60)53-27-37(39(28-53)50-5)32-16-17-51-41(55)26-32/h10-13,16-17,24-26,29-30,36-40H,6-9,14-15,18-23,27-28H2,1-4H3,(H,51,55)(H,52,58)/t36-,37-,38-,39+,40-/m0/s1. The van der Waals surface area contributed by atoms with Crippen LogP contribution < -0.4 is 10.9 Å². The normalized spacial score (nSPS) is 21.4. The van der Waals surface area contributed by atoms with Crippen LogP contribution in [0.15, 0.2) is 59.5 Å². The van der Waals surface area contributed by atoms with Crippen molar-refractivity contribution in [2.45, 2.75) is 115 Å². The second kappa shape index (κ2) is 22.6. The van der Waals surface area contributed by atoms with Gasteiger partial charge in [0.2, 0.25) is 23.4 Å². The quantitative estimate of drug-likeness (QED) is 0.0712. The van der Waals surface area contributed by atoms with Crippen LogP contribution in [-0.2, 0) is 38.5 Å². The van der Waals surface area contributed by atoms with Crippen LogP contribution in [0.5, 0.6) is 0 Å². The van der Waals surface area contributed by atoms with E-state index in [2.05, 4.69) is 15.1 Å². The maximum Gasteiger partial charge on any atom is 0.404 e. The number of pyridine rings is 1. The van der Waals surface area contributed by atoms with Gasteiger partial charge in [0.1, 0.15) is 12.1 Å². The molecule has 3 saturated heterocycles. The van der Waals surface area contributed by atoms with Crippen LogP contribution in [0.25, 0.3) is 15.6 Å². The molecular weight excluding hydrogens is 912 g/mol. The zero-order valence-corrected chi connectivity index (χ0v) is 40.2. The Kier molecular flexibility index (Phi) is 17.5. The van der Waals surface area contributed by atoms with E-state index in [1.807, 2.05) is 27.7 Å². The number of alkyl halides is 2. The van der Waals surface area contributed by atoms with Crippen LogP contribution >= 0.6 is 31.1 Å². The first kappa shape index (κ1) is 51.0. The molecule has 6 rings (SSSR count). The van der Waals surface area contributed by atoms with E-state index >= 15 is 8.78 Å². The van der Waals surface area contributed by atoms with E-state index in [1.54, 1.807) is 21.9 Å². The summed E-state index contributed by atoms with van der Waals surface area (Å²) in [5, 5.41) is 3.26. The summed E-state index contributed by atoms with van der Waals surface area (Å²) < 4.78 is 57.9. The van der Waals surface area contributed by atoms with Crippen molar-refractivity contribution in [1.82, 2.24) is 20.1 Å². The maximum absolute atomic E-state index is 16.5. The summed E-state index contributed by atoms with van der Waals surface area (Å²) >= 11 is 1.78. The fraction of sp³-hybridized carbons (Fsp3) is 0.553. The number of halogens is 2. The van der Waals surface area contributed by atoms with Gasteiger partial charge in [-0.3, -0.25) is 33.3 Å². The molecule has 0 radical (unpaired) electrons. The van der Waals surface area contributed by atoms with E-state index < -0.39 is 56.1 Å². The van der Waals surface area contributed by atoms with E-state index in [0.717, 1.165) is 42.1 Å². The molecule has 1 aromatic heterocycles. The number of H-pyrrole nitrogens is 1. The summed E-state index contributed by atoms with van der Waals surface area (Å²) in [6.45, 7) is 14.8. The van der Waals surface area contributed by atoms with Gasteiger partial charge >= 0.3 is 13.3 Å². The van der Waals surface area contributed by atoms with Gasteiger partial charge in [-0.25, -0.2) is 6.57 Å². The summed E-state index contributed by atoms with van der Waals surface area (Å²) in [4.78, 5) is 88.6. The molecular formula is C47H58F2N5O9PS2. The van der Waals surface area contributed by atoms with Gasteiger partial charge in [0.25, 0.3) is 5.91 Å². The Morgan fingerprint density at radius 2 is 1.53 bits per heavy atom. The van der Waals surface area contributed by atoms with Gasteiger partial charge < -0.3 is 34.0 Å². The Labute approximate surface area is 392 Å². The molecule has 0 spiro atoms. The maximum atomic E-state index is 16.5. The van der Waals surface area contributed by atoms with Gasteiger partial charge in [0.05, 0.1) is 25.7 Å². The first-order valence-electron chi connectivity index (χ1n) is 22.5. The predicted molar refractivity (Wildman–Crippen MR) is 251 cm³/mol. The van der Waals surface area contributed by atoms with Crippen molar-refractivity contribution in [2.75, 3.05) is 37.8 Å². The lowest BCUT2D eigenvalue weighted by Crippen LogP contribution is -2.56. The van der Waals surface area contributed by atoms with Crippen LogP contribution in [0.1, 0.15) is 106 Å². The Morgan fingerprint density at radius 1 is 0.879 bits per heavy atom. The number of hydrogen-bond donors (Lipinski definition) is 2. The molecule has 3 aromatic rings. The number of aromatic amines is 1. The highest BCUT2D eigenvalue weighted by Gasteiger charge is 2.55. The number of fused-ring (bicyclic) bond motifs is 2. The minimum atomic E-state index is -5.28. The SMILES string of the molecule is [C-]#[N+][C@@H]1CN(C(=O)[C@@H]2CC[C@@H]3CCCC[C@H](NC(=O)c4ccc5ccc(C(F)(F)P(=O)(OCCSC(=O)CC(C)C)OCCSC(=O)CC(C)C)cc5c4)C(=O)N32)C[C@H]1c1cc[nH]c(=O)c1. The lowest BCUT2D eigenvalue weighted by Gasteiger charge is -2.36. The monoisotopic (exact) mass is 969 g/mol. The molecule has 0 aliphatic carbocycles. The molecule has 2 aromatic carbocycles. The number of nitrogens with zero attached hydrogens (tertiary/aromatic N) is 3. The Hall–Kier alpha value is -4.40. The number of rotatable bonds is 18. The van der Waals surface area contributed by atoms with Crippen molar-refractivity contribution in [1.29, 1.82) is 0 Å². The van der Waals surface area contributed by atoms with Gasteiger partial charge in [0.15, 0.2) is 10.2 Å². The van der Waals surface area contributed by atoms with Crippen LogP contribution in [0.2, 0.25) is 0 Å². The zero-order chi connectivity index (χ0) is 47.8. The lowest BCUT2D eigenvalue weighted by molar-refractivity contribution is -0.146. The second-order valence-corrected chi connectivity index (χ2v) is 22.3. The van der Waals surface area contributed by atoms with Crippen LogP contribution in [0.4, 0.5) is 8.78 Å². The summed E-state index contributed by atoms with van der Waals surface area (Å²) in [7, 11) is -5.28. The van der Waals surface area contributed by atoms with E-state index in [4.69, 9.17) is 15.6 Å². The smallest absolute Gasteiger partial charge is 0.340 e. The summed E-state index contributed by atoms with van der Waals surface area (Å²) in [5.41, 5.74) is -4.43. The molecule has 0 saturated carbocycles. The molecule has 3 amide bonds. The molecule has 19 heteroatoms. The fourth-order valence-electron chi connectivity index (χ4n) is 8.82. The van der Waals surface area contributed by atoms with Gasteiger partial charge in [-0.1, -0.05) is 82.3 Å². The number of amides is 3. The Bertz CT molecular complexity index is 2400. The average Bonchev–Trinajstić information content (AvgIpc) is 3.90. The molecule has 5 atom stereocenters. The van der Waals surface area contributed by atoms with E-state index in [0.29, 0.717) is 43.1 Å². The minimum Gasteiger partial charge on any atom is -0.340 e. The molecule has 3 aliphatic heterocycles. The topological polar surface area (TPSA) is 177 Å². The third-order valence-electron chi connectivity index (χ3n) is 12.1. The molecule has 4 heterocycles. The third-order valence-corrected chi connectivity index (χ3v) is 15.8. The van der Waals surface area contributed by atoms with Gasteiger partial charge in [0, 0.05) is 60.3 Å². The Balaban J connectivity index is 1.17. The molecule has 14 nitrogen and oxygen atoms in total.